The molecule has 0 saturated heterocycles. The third-order valence-corrected chi connectivity index (χ3v) is 2.70. The third-order valence-electron chi connectivity index (χ3n) is 2.44. The fourth-order valence-corrected chi connectivity index (χ4v) is 1.50. The second kappa shape index (κ2) is 9.85. The first-order chi connectivity index (χ1) is 7.61. The Balaban J connectivity index is 3.83. The summed E-state index contributed by atoms with van der Waals surface area (Å²) < 4.78 is 5.43. The van der Waals surface area contributed by atoms with Crippen molar-refractivity contribution in [1.29, 1.82) is 0 Å². The number of ether oxygens (including phenoxy) is 1. The van der Waals surface area contributed by atoms with Gasteiger partial charge in [-0.3, -0.25) is 0 Å². The molecular formula is C12H26N2OS. The van der Waals surface area contributed by atoms with E-state index in [0.29, 0.717) is 18.6 Å². The molecule has 1 unspecified atom stereocenters. The topological polar surface area (TPSA) is 33.3 Å². The summed E-state index contributed by atoms with van der Waals surface area (Å²) in [6.07, 6.45) is 2.34. The zero-order chi connectivity index (χ0) is 12.4. The molecule has 0 aromatic rings. The van der Waals surface area contributed by atoms with Crippen molar-refractivity contribution < 1.29 is 4.74 Å². The van der Waals surface area contributed by atoms with Crippen molar-refractivity contribution in [1.82, 2.24) is 10.6 Å². The second-order valence-corrected chi connectivity index (χ2v) is 4.67. The van der Waals surface area contributed by atoms with E-state index in [0.717, 1.165) is 24.7 Å². The lowest BCUT2D eigenvalue weighted by atomic mass is 10.1. The molecule has 0 aromatic carbocycles. The fourth-order valence-electron chi connectivity index (χ4n) is 1.24. The Labute approximate surface area is 105 Å². The molecule has 2 N–H and O–H groups in total. The lowest BCUT2D eigenvalue weighted by molar-refractivity contribution is 0.115. The molecule has 0 saturated carbocycles. The van der Waals surface area contributed by atoms with Crippen LogP contribution in [0.4, 0.5) is 0 Å². The number of rotatable bonds is 8. The van der Waals surface area contributed by atoms with E-state index < -0.39 is 0 Å². The van der Waals surface area contributed by atoms with Gasteiger partial charge in [0.05, 0.1) is 12.6 Å². The third kappa shape index (κ3) is 7.88. The van der Waals surface area contributed by atoms with Crippen LogP contribution in [0.25, 0.3) is 0 Å². The molecule has 0 fully saturated rings. The van der Waals surface area contributed by atoms with Crippen LogP contribution in [0.3, 0.4) is 0 Å². The summed E-state index contributed by atoms with van der Waals surface area (Å²) in [6.45, 7) is 10.9. The SMILES string of the molecule is CCCCNC(=S)NC(COCC)C(C)C. The monoisotopic (exact) mass is 246 g/mol. The van der Waals surface area contributed by atoms with E-state index in [1.165, 1.54) is 6.42 Å². The minimum atomic E-state index is 0.293. The molecule has 0 aliphatic carbocycles. The molecule has 0 heterocycles. The van der Waals surface area contributed by atoms with E-state index in [-0.39, 0.29) is 0 Å². The van der Waals surface area contributed by atoms with Gasteiger partial charge in [0, 0.05) is 13.2 Å². The average molecular weight is 246 g/mol. The van der Waals surface area contributed by atoms with Crippen molar-refractivity contribution in [2.24, 2.45) is 5.92 Å². The Morgan fingerprint density at radius 2 is 2.00 bits per heavy atom. The van der Waals surface area contributed by atoms with Crippen LogP contribution in [-0.4, -0.2) is 30.9 Å². The molecule has 4 heteroatoms. The van der Waals surface area contributed by atoms with Gasteiger partial charge in [0.25, 0.3) is 0 Å². The lowest BCUT2D eigenvalue weighted by Gasteiger charge is -2.23. The van der Waals surface area contributed by atoms with Gasteiger partial charge in [-0.15, -0.1) is 0 Å². The molecule has 0 aliphatic rings. The molecule has 3 nitrogen and oxygen atoms in total. The van der Waals surface area contributed by atoms with Gasteiger partial charge in [-0.1, -0.05) is 27.2 Å². The highest BCUT2D eigenvalue weighted by Crippen LogP contribution is 2.02. The highest BCUT2D eigenvalue weighted by molar-refractivity contribution is 7.80. The molecule has 0 bridgehead atoms. The first-order valence-corrected chi connectivity index (χ1v) is 6.64. The van der Waals surface area contributed by atoms with Gasteiger partial charge >= 0.3 is 0 Å². The van der Waals surface area contributed by atoms with Crippen molar-refractivity contribution in [3.8, 4) is 0 Å². The van der Waals surface area contributed by atoms with Gasteiger partial charge in [-0.05, 0) is 31.5 Å². The first kappa shape index (κ1) is 15.7. The van der Waals surface area contributed by atoms with Crippen LogP contribution in [0.2, 0.25) is 0 Å². The quantitative estimate of drug-likeness (QED) is 0.509. The fraction of sp³-hybridized carbons (Fsp3) is 0.917. The van der Waals surface area contributed by atoms with Gasteiger partial charge < -0.3 is 15.4 Å². The molecule has 0 aliphatic heterocycles. The minimum Gasteiger partial charge on any atom is -0.380 e. The van der Waals surface area contributed by atoms with E-state index >= 15 is 0 Å². The van der Waals surface area contributed by atoms with E-state index in [4.69, 9.17) is 17.0 Å². The molecule has 96 valence electrons. The largest absolute Gasteiger partial charge is 0.380 e. The van der Waals surface area contributed by atoms with Crippen molar-refractivity contribution in [3.05, 3.63) is 0 Å². The van der Waals surface area contributed by atoms with Gasteiger partial charge in [0.1, 0.15) is 0 Å². The standard InChI is InChI=1S/C12H26N2OS/c1-5-7-8-13-12(16)14-11(10(3)4)9-15-6-2/h10-11H,5-9H2,1-4H3,(H2,13,14,16). The highest BCUT2D eigenvalue weighted by Gasteiger charge is 2.13. The molecule has 0 radical (unpaired) electrons. The molecule has 0 spiro atoms. The summed E-state index contributed by atoms with van der Waals surface area (Å²) in [7, 11) is 0. The van der Waals surface area contributed by atoms with Crippen LogP contribution in [0.15, 0.2) is 0 Å². The highest BCUT2D eigenvalue weighted by atomic mass is 32.1. The van der Waals surface area contributed by atoms with Gasteiger partial charge in [0.2, 0.25) is 0 Å². The van der Waals surface area contributed by atoms with Gasteiger partial charge in [-0.25, -0.2) is 0 Å². The zero-order valence-electron chi connectivity index (χ0n) is 11.0. The predicted octanol–water partition coefficient (Wildman–Crippen LogP) is 2.31. The molecular weight excluding hydrogens is 220 g/mol. The summed E-state index contributed by atoms with van der Waals surface area (Å²) in [4.78, 5) is 0. The Kier molecular flexibility index (Phi) is 9.63. The Hall–Kier alpha value is -0.350. The molecule has 0 amide bonds. The zero-order valence-corrected chi connectivity index (χ0v) is 11.8. The minimum absolute atomic E-state index is 0.293. The number of nitrogens with one attached hydrogen (secondary N) is 2. The van der Waals surface area contributed by atoms with E-state index in [2.05, 4.69) is 31.4 Å². The molecule has 0 rings (SSSR count). The number of thiocarbonyl (C=S) groups is 1. The number of hydrogen-bond acceptors (Lipinski definition) is 2. The van der Waals surface area contributed by atoms with Gasteiger partial charge in [-0.2, -0.15) is 0 Å². The van der Waals surface area contributed by atoms with Crippen LogP contribution in [-0.2, 0) is 4.74 Å². The Bertz CT molecular complexity index is 186. The van der Waals surface area contributed by atoms with Gasteiger partial charge in [0.15, 0.2) is 5.11 Å². The molecule has 0 aromatic heterocycles. The summed E-state index contributed by atoms with van der Waals surface area (Å²) in [5.74, 6) is 0.512. The Morgan fingerprint density at radius 3 is 2.50 bits per heavy atom. The summed E-state index contributed by atoms with van der Waals surface area (Å²) in [5.41, 5.74) is 0. The van der Waals surface area contributed by atoms with Crippen molar-refractivity contribution >= 4 is 17.3 Å². The smallest absolute Gasteiger partial charge is 0.166 e. The van der Waals surface area contributed by atoms with Crippen LogP contribution >= 0.6 is 12.2 Å². The second-order valence-electron chi connectivity index (χ2n) is 4.26. The van der Waals surface area contributed by atoms with E-state index in [1.54, 1.807) is 0 Å². The average Bonchev–Trinajstić information content (AvgIpc) is 2.24. The van der Waals surface area contributed by atoms with E-state index in [9.17, 15) is 0 Å². The van der Waals surface area contributed by atoms with Crippen LogP contribution < -0.4 is 10.6 Å². The van der Waals surface area contributed by atoms with Crippen LogP contribution in [0.1, 0.15) is 40.5 Å². The van der Waals surface area contributed by atoms with Crippen molar-refractivity contribution in [2.45, 2.75) is 46.6 Å². The normalized spacial score (nSPS) is 12.6. The first-order valence-electron chi connectivity index (χ1n) is 6.23. The van der Waals surface area contributed by atoms with Crippen molar-refractivity contribution in [2.75, 3.05) is 19.8 Å². The lowest BCUT2D eigenvalue weighted by Crippen LogP contribution is -2.46. The summed E-state index contributed by atoms with van der Waals surface area (Å²) >= 11 is 5.24. The summed E-state index contributed by atoms with van der Waals surface area (Å²) in [6, 6.07) is 0.293. The number of hydrogen-bond donors (Lipinski definition) is 2. The maximum absolute atomic E-state index is 5.43. The van der Waals surface area contributed by atoms with Crippen LogP contribution in [0.5, 0.6) is 0 Å². The van der Waals surface area contributed by atoms with Crippen LogP contribution in [0, 0.1) is 5.92 Å². The molecule has 1 atom stereocenters. The predicted molar refractivity (Wildman–Crippen MR) is 73.8 cm³/mol. The maximum atomic E-state index is 5.43. The number of unbranched alkanes of at least 4 members (excludes halogenated alkanes) is 1. The molecule has 16 heavy (non-hydrogen) atoms. The van der Waals surface area contributed by atoms with Crippen molar-refractivity contribution in [3.63, 3.8) is 0 Å². The summed E-state index contributed by atoms with van der Waals surface area (Å²) in [5, 5.41) is 7.26. The Morgan fingerprint density at radius 1 is 1.31 bits per heavy atom. The van der Waals surface area contributed by atoms with E-state index in [1.807, 2.05) is 6.92 Å². The maximum Gasteiger partial charge on any atom is 0.166 e.